The van der Waals surface area contributed by atoms with Gasteiger partial charge in [-0.25, -0.2) is 9.97 Å². The summed E-state index contributed by atoms with van der Waals surface area (Å²) in [5.41, 5.74) is -0.583. The Kier molecular flexibility index (Phi) is 3.72. The summed E-state index contributed by atoms with van der Waals surface area (Å²) < 4.78 is 27.8. The summed E-state index contributed by atoms with van der Waals surface area (Å²) in [6.45, 7) is 5.18. The van der Waals surface area contributed by atoms with Crippen LogP contribution in [0.2, 0.25) is 5.15 Å². The molecular weight excluding hydrogens is 252 g/mol. The van der Waals surface area contributed by atoms with Gasteiger partial charge in [0.25, 0.3) is 0 Å². The van der Waals surface area contributed by atoms with Gasteiger partial charge in [-0.1, -0.05) is 11.6 Å². The summed E-state index contributed by atoms with van der Waals surface area (Å²) in [6, 6.07) is 0. The number of halogens is 1. The van der Waals surface area contributed by atoms with Crippen molar-refractivity contribution in [1.82, 2.24) is 14.7 Å². The summed E-state index contributed by atoms with van der Waals surface area (Å²) in [5, 5.41) is 0.00165. The SMILES string of the molecule is CC(C)(C)NS(=O)(=O)Nc1nccnc1Cl. The Balaban J connectivity index is 2.86. The van der Waals surface area contributed by atoms with Crippen LogP contribution < -0.4 is 9.44 Å². The van der Waals surface area contributed by atoms with Gasteiger partial charge in [-0.15, -0.1) is 0 Å². The van der Waals surface area contributed by atoms with Crippen LogP contribution in [-0.4, -0.2) is 23.9 Å². The third-order valence-electron chi connectivity index (χ3n) is 1.33. The van der Waals surface area contributed by atoms with E-state index in [-0.39, 0.29) is 11.0 Å². The zero-order chi connectivity index (χ0) is 12.4. The molecular formula is C8H13ClN4O2S. The minimum absolute atomic E-state index is 0.000849. The van der Waals surface area contributed by atoms with Crippen LogP contribution in [0.25, 0.3) is 0 Å². The molecule has 0 amide bonds. The molecule has 0 saturated heterocycles. The first-order valence-electron chi connectivity index (χ1n) is 4.48. The highest BCUT2D eigenvalue weighted by molar-refractivity contribution is 7.90. The van der Waals surface area contributed by atoms with Gasteiger partial charge in [0.2, 0.25) is 0 Å². The first-order valence-corrected chi connectivity index (χ1v) is 6.34. The van der Waals surface area contributed by atoms with Gasteiger partial charge >= 0.3 is 10.2 Å². The average Bonchev–Trinajstić information content (AvgIpc) is 2.04. The molecule has 8 heteroatoms. The van der Waals surface area contributed by atoms with Gasteiger partial charge in [0.05, 0.1) is 0 Å². The molecule has 0 atom stereocenters. The molecule has 0 saturated carbocycles. The highest BCUT2D eigenvalue weighted by Crippen LogP contribution is 2.15. The monoisotopic (exact) mass is 264 g/mol. The van der Waals surface area contributed by atoms with Crippen molar-refractivity contribution >= 4 is 27.6 Å². The van der Waals surface area contributed by atoms with Crippen molar-refractivity contribution in [3.8, 4) is 0 Å². The number of nitrogens with zero attached hydrogens (tertiary/aromatic N) is 2. The molecule has 0 aliphatic carbocycles. The lowest BCUT2D eigenvalue weighted by Gasteiger charge is -2.20. The summed E-state index contributed by atoms with van der Waals surface area (Å²) in [6.07, 6.45) is 2.72. The van der Waals surface area contributed by atoms with E-state index in [1.54, 1.807) is 20.8 Å². The maximum absolute atomic E-state index is 11.6. The van der Waals surface area contributed by atoms with E-state index in [0.717, 1.165) is 0 Å². The zero-order valence-electron chi connectivity index (χ0n) is 9.15. The van der Waals surface area contributed by atoms with Gasteiger partial charge in [0, 0.05) is 17.9 Å². The van der Waals surface area contributed by atoms with E-state index in [9.17, 15) is 8.42 Å². The van der Waals surface area contributed by atoms with Crippen LogP contribution >= 0.6 is 11.6 Å². The lowest BCUT2D eigenvalue weighted by Crippen LogP contribution is -2.43. The largest absolute Gasteiger partial charge is 0.300 e. The molecule has 0 bridgehead atoms. The first kappa shape index (κ1) is 13.1. The molecule has 6 nitrogen and oxygen atoms in total. The second kappa shape index (κ2) is 4.52. The van der Waals surface area contributed by atoms with Crippen LogP contribution in [0.5, 0.6) is 0 Å². The van der Waals surface area contributed by atoms with Crippen LogP contribution in [0.15, 0.2) is 12.4 Å². The average molecular weight is 265 g/mol. The van der Waals surface area contributed by atoms with E-state index in [2.05, 4.69) is 19.4 Å². The lowest BCUT2D eigenvalue weighted by atomic mass is 10.1. The van der Waals surface area contributed by atoms with Crippen molar-refractivity contribution < 1.29 is 8.42 Å². The Labute approximate surface area is 99.6 Å². The fourth-order valence-corrected chi connectivity index (χ4v) is 2.41. The van der Waals surface area contributed by atoms with Crippen LogP contribution in [0, 0.1) is 0 Å². The fourth-order valence-electron chi connectivity index (χ4n) is 0.945. The number of hydrogen-bond acceptors (Lipinski definition) is 4. The topological polar surface area (TPSA) is 84.0 Å². The summed E-state index contributed by atoms with van der Waals surface area (Å²) in [5.74, 6) is 0.000849. The van der Waals surface area contributed by atoms with Crippen molar-refractivity contribution in [2.24, 2.45) is 0 Å². The number of rotatable bonds is 3. The molecule has 0 fully saturated rings. The highest BCUT2D eigenvalue weighted by atomic mass is 35.5. The van der Waals surface area contributed by atoms with E-state index in [1.165, 1.54) is 12.4 Å². The number of aromatic nitrogens is 2. The van der Waals surface area contributed by atoms with Crippen molar-refractivity contribution in [3.63, 3.8) is 0 Å². The van der Waals surface area contributed by atoms with Crippen molar-refractivity contribution in [2.75, 3.05) is 4.72 Å². The standard InChI is InChI=1S/C8H13ClN4O2S/c1-8(2,3)13-16(14,15)12-7-6(9)10-4-5-11-7/h4-5,13H,1-3H3,(H,11,12). The van der Waals surface area contributed by atoms with E-state index >= 15 is 0 Å². The summed E-state index contributed by atoms with van der Waals surface area (Å²) >= 11 is 5.67. The van der Waals surface area contributed by atoms with Crippen LogP contribution in [0.3, 0.4) is 0 Å². The molecule has 0 aliphatic rings. The molecule has 0 radical (unpaired) electrons. The Morgan fingerprint density at radius 3 is 2.31 bits per heavy atom. The van der Waals surface area contributed by atoms with Gasteiger partial charge in [-0.3, -0.25) is 4.72 Å². The molecule has 16 heavy (non-hydrogen) atoms. The van der Waals surface area contributed by atoms with Crippen LogP contribution in [0.1, 0.15) is 20.8 Å². The van der Waals surface area contributed by atoms with Crippen molar-refractivity contribution in [1.29, 1.82) is 0 Å². The lowest BCUT2D eigenvalue weighted by molar-refractivity contribution is 0.494. The number of anilines is 1. The zero-order valence-corrected chi connectivity index (χ0v) is 10.7. The quantitative estimate of drug-likeness (QED) is 0.859. The third-order valence-corrected chi connectivity index (χ3v) is 2.94. The van der Waals surface area contributed by atoms with Crippen LogP contribution in [-0.2, 0) is 10.2 Å². The Morgan fingerprint density at radius 1 is 1.25 bits per heavy atom. The molecule has 0 unspecified atom stereocenters. The Morgan fingerprint density at radius 2 is 1.81 bits per heavy atom. The molecule has 0 aliphatic heterocycles. The van der Waals surface area contributed by atoms with Gasteiger partial charge in [-0.05, 0) is 20.8 Å². The number of hydrogen-bond donors (Lipinski definition) is 2. The predicted octanol–water partition coefficient (Wildman–Crippen LogP) is 1.17. The van der Waals surface area contributed by atoms with Crippen LogP contribution in [0.4, 0.5) is 5.82 Å². The maximum atomic E-state index is 11.6. The van der Waals surface area contributed by atoms with E-state index in [0.29, 0.717) is 0 Å². The van der Waals surface area contributed by atoms with E-state index in [4.69, 9.17) is 11.6 Å². The van der Waals surface area contributed by atoms with E-state index < -0.39 is 15.7 Å². The Hall–Kier alpha value is -0.920. The third kappa shape index (κ3) is 4.30. The summed E-state index contributed by atoms with van der Waals surface area (Å²) in [7, 11) is -3.70. The van der Waals surface area contributed by atoms with Gasteiger partial charge in [0.15, 0.2) is 11.0 Å². The second-order valence-electron chi connectivity index (χ2n) is 4.15. The predicted molar refractivity (Wildman–Crippen MR) is 62.5 cm³/mol. The van der Waals surface area contributed by atoms with Crippen molar-refractivity contribution in [3.05, 3.63) is 17.5 Å². The molecule has 1 heterocycles. The number of nitrogens with one attached hydrogen (secondary N) is 2. The smallest absolute Gasteiger partial charge is 0.252 e. The normalized spacial score (nSPS) is 12.5. The fraction of sp³-hybridized carbons (Fsp3) is 0.500. The van der Waals surface area contributed by atoms with E-state index in [1.807, 2.05) is 0 Å². The molecule has 1 aromatic heterocycles. The molecule has 0 aromatic carbocycles. The van der Waals surface area contributed by atoms with Gasteiger partial charge < -0.3 is 0 Å². The van der Waals surface area contributed by atoms with Crippen molar-refractivity contribution in [2.45, 2.75) is 26.3 Å². The van der Waals surface area contributed by atoms with Gasteiger partial charge in [0.1, 0.15) is 0 Å². The second-order valence-corrected chi connectivity index (χ2v) is 5.93. The minimum Gasteiger partial charge on any atom is -0.252 e. The molecule has 1 aromatic rings. The molecule has 1 rings (SSSR count). The Bertz CT molecular complexity index is 469. The molecule has 90 valence electrons. The summed E-state index contributed by atoms with van der Waals surface area (Å²) in [4.78, 5) is 7.48. The first-order chi connectivity index (χ1) is 7.20. The van der Waals surface area contributed by atoms with Gasteiger partial charge in [-0.2, -0.15) is 13.1 Å². The molecule has 0 spiro atoms. The highest BCUT2D eigenvalue weighted by Gasteiger charge is 2.21. The minimum atomic E-state index is -3.70. The maximum Gasteiger partial charge on any atom is 0.300 e. The molecule has 2 N–H and O–H groups in total.